The summed E-state index contributed by atoms with van der Waals surface area (Å²) in [6, 6.07) is -1.11. The van der Waals surface area contributed by atoms with Crippen LogP contribution in [0.1, 0.15) is 33.6 Å². The fourth-order valence-electron chi connectivity index (χ4n) is 1.48. The van der Waals surface area contributed by atoms with E-state index in [2.05, 4.69) is 15.4 Å². The van der Waals surface area contributed by atoms with Gasteiger partial charge in [0.1, 0.15) is 6.04 Å². The average molecular weight is 274 g/mol. The van der Waals surface area contributed by atoms with Crippen LogP contribution in [0.2, 0.25) is 0 Å². The first-order valence-electron chi connectivity index (χ1n) is 6.10. The van der Waals surface area contributed by atoms with E-state index in [1.807, 2.05) is 6.92 Å². The van der Waals surface area contributed by atoms with E-state index in [1.54, 1.807) is 13.8 Å². The summed E-state index contributed by atoms with van der Waals surface area (Å²) >= 11 is 0. The molecule has 0 saturated carbocycles. The Morgan fingerprint density at radius 1 is 1.32 bits per heavy atom. The molecule has 0 spiro atoms. The van der Waals surface area contributed by atoms with Crippen LogP contribution in [-0.4, -0.2) is 48.2 Å². The number of methoxy groups -OCH3 is 1. The highest BCUT2D eigenvalue weighted by molar-refractivity contribution is 5.89. The highest BCUT2D eigenvalue weighted by Gasteiger charge is 2.30. The van der Waals surface area contributed by atoms with Gasteiger partial charge in [0.15, 0.2) is 0 Å². The molecule has 0 aliphatic rings. The van der Waals surface area contributed by atoms with Crippen LogP contribution < -0.4 is 10.6 Å². The lowest BCUT2D eigenvalue weighted by Gasteiger charge is -2.26. The number of aliphatic carboxylic acids is 1. The largest absolute Gasteiger partial charge is 0.480 e. The van der Waals surface area contributed by atoms with Gasteiger partial charge in [0.25, 0.3) is 0 Å². The molecule has 0 rings (SSSR count). The Hall–Kier alpha value is -1.63. The van der Waals surface area contributed by atoms with Crippen LogP contribution >= 0.6 is 0 Å². The first-order valence-corrected chi connectivity index (χ1v) is 6.10. The second-order valence-corrected chi connectivity index (χ2v) is 4.63. The first kappa shape index (κ1) is 17.4. The van der Waals surface area contributed by atoms with E-state index in [0.29, 0.717) is 6.54 Å². The second-order valence-electron chi connectivity index (χ2n) is 4.63. The zero-order valence-corrected chi connectivity index (χ0v) is 11.8. The van der Waals surface area contributed by atoms with Crippen molar-refractivity contribution in [2.24, 2.45) is 0 Å². The van der Waals surface area contributed by atoms with Crippen molar-refractivity contribution in [3.8, 4) is 0 Å². The van der Waals surface area contributed by atoms with E-state index in [9.17, 15) is 14.4 Å². The third-order valence-electron chi connectivity index (χ3n) is 2.65. The van der Waals surface area contributed by atoms with Gasteiger partial charge in [0, 0.05) is 6.42 Å². The van der Waals surface area contributed by atoms with Crippen molar-refractivity contribution in [1.29, 1.82) is 0 Å². The van der Waals surface area contributed by atoms with Gasteiger partial charge in [-0.15, -0.1) is 0 Å². The Morgan fingerprint density at radius 2 is 1.89 bits per heavy atom. The predicted molar refractivity (Wildman–Crippen MR) is 68.6 cm³/mol. The van der Waals surface area contributed by atoms with Crippen molar-refractivity contribution < 1.29 is 24.2 Å². The fraction of sp³-hybridized carbons (Fsp3) is 0.750. The number of rotatable bonds is 8. The van der Waals surface area contributed by atoms with Crippen molar-refractivity contribution >= 4 is 17.8 Å². The van der Waals surface area contributed by atoms with Gasteiger partial charge >= 0.3 is 11.9 Å². The second kappa shape index (κ2) is 7.73. The van der Waals surface area contributed by atoms with E-state index in [-0.39, 0.29) is 12.8 Å². The number of hydrogen-bond donors (Lipinski definition) is 3. The van der Waals surface area contributed by atoms with Crippen molar-refractivity contribution in [2.75, 3.05) is 13.7 Å². The highest BCUT2D eigenvalue weighted by atomic mass is 16.5. The number of amides is 1. The number of nitrogens with one attached hydrogen (secondary N) is 2. The number of hydrogen-bond acceptors (Lipinski definition) is 5. The molecule has 0 aliphatic carbocycles. The monoisotopic (exact) mass is 274 g/mol. The number of carbonyl (C=O) groups is 3. The third kappa shape index (κ3) is 6.19. The first-order chi connectivity index (χ1) is 8.74. The Balaban J connectivity index is 4.54. The lowest BCUT2D eigenvalue weighted by Crippen LogP contribution is -2.56. The Bertz CT molecular complexity index is 341. The fourth-order valence-corrected chi connectivity index (χ4v) is 1.48. The van der Waals surface area contributed by atoms with E-state index in [0.717, 1.165) is 0 Å². The van der Waals surface area contributed by atoms with E-state index < -0.39 is 29.4 Å². The molecule has 0 saturated heterocycles. The van der Waals surface area contributed by atoms with Crippen molar-refractivity contribution in [3.63, 3.8) is 0 Å². The van der Waals surface area contributed by atoms with Crippen molar-refractivity contribution in [2.45, 2.75) is 45.2 Å². The number of carbonyl (C=O) groups excluding carboxylic acids is 2. The molecule has 0 aromatic carbocycles. The summed E-state index contributed by atoms with van der Waals surface area (Å²) in [6.45, 7) is 5.75. The lowest BCUT2D eigenvalue weighted by atomic mass is 10.0. The summed E-state index contributed by atoms with van der Waals surface area (Å²) in [5.74, 6) is -2.11. The molecule has 0 heterocycles. The van der Waals surface area contributed by atoms with Gasteiger partial charge in [-0.2, -0.15) is 0 Å². The molecular formula is C12H22N2O5. The molecule has 110 valence electrons. The summed E-state index contributed by atoms with van der Waals surface area (Å²) in [4.78, 5) is 33.9. The molecule has 0 aliphatic heterocycles. The number of ether oxygens (including phenoxy) is 1. The highest BCUT2D eigenvalue weighted by Crippen LogP contribution is 2.05. The summed E-state index contributed by atoms with van der Waals surface area (Å²) in [5.41, 5.74) is -0.867. The summed E-state index contributed by atoms with van der Waals surface area (Å²) in [5, 5.41) is 14.4. The normalized spacial score (nSPS) is 12.6. The zero-order chi connectivity index (χ0) is 15.1. The molecule has 0 fully saturated rings. The number of carboxylic acid groups (broad SMARTS) is 1. The lowest BCUT2D eigenvalue weighted by molar-refractivity contribution is -0.144. The molecular weight excluding hydrogens is 252 g/mol. The van der Waals surface area contributed by atoms with Gasteiger partial charge in [0.05, 0.1) is 12.6 Å². The van der Waals surface area contributed by atoms with Crippen LogP contribution in [0.15, 0.2) is 0 Å². The smallest absolute Gasteiger partial charge is 0.326 e. The Kier molecular flexibility index (Phi) is 7.06. The molecule has 0 aromatic rings. The van der Waals surface area contributed by atoms with Crippen LogP contribution in [0.25, 0.3) is 0 Å². The SMILES string of the molecule is CCNC(C)(C)C(=O)NC(CCC(=O)OC)C(=O)O. The van der Waals surface area contributed by atoms with Gasteiger partial charge < -0.3 is 20.5 Å². The molecule has 1 amide bonds. The molecule has 1 atom stereocenters. The summed E-state index contributed by atoms with van der Waals surface area (Å²) < 4.78 is 4.43. The van der Waals surface area contributed by atoms with Gasteiger partial charge in [-0.3, -0.25) is 9.59 Å². The molecule has 1 unspecified atom stereocenters. The van der Waals surface area contributed by atoms with Gasteiger partial charge in [0.2, 0.25) is 5.91 Å². The maximum absolute atomic E-state index is 11.9. The molecule has 7 nitrogen and oxygen atoms in total. The minimum absolute atomic E-state index is 0.00402. The Morgan fingerprint density at radius 3 is 2.32 bits per heavy atom. The molecule has 0 radical (unpaired) electrons. The maximum atomic E-state index is 11.9. The average Bonchev–Trinajstić information content (AvgIpc) is 2.32. The van der Waals surface area contributed by atoms with E-state index >= 15 is 0 Å². The number of likely N-dealkylation sites (N-methyl/N-ethyl adjacent to an activating group) is 1. The van der Waals surface area contributed by atoms with Crippen LogP contribution in [0.4, 0.5) is 0 Å². The Labute approximate surface area is 112 Å². The van der Waals surface area contributed by atoms with Crippen molar-refractivity contribution in [1.82, 2.24) is 10.6 Å². The minimum Gasteiger partial charge on any atom is -0.480 e. The van der Waals surface area contributed by atoms with Crippen molar-refractivity contribution in [3.05, 3.63) is 0 Å². The summed E-state index contributed by atoms with van der Waals surface area (Å²) in [7, 11) is 1.23. The standard InChI is InChI=1S/C12H22N2O5/c1-5-13-12(2,3)11(18)14-8(10(16)17)6-7-9(15)19-4/h8,13H,5-7H2,1-4H3,(H,14,18)(H,16,17). The van der Waals surface area contributed by atoms with Crippen LogP contribution in [0, 0.1) is 0 Å². The minimum atomic E-state index is -1.18. The van der Waals surface area contributed by atoms with Gasteiger partial charge in [-0.1, -0.05) is 6.92 Å². The van der Waals surface area contributed by atoms with Gasteiger partial charge in [-0.25, -0.2) is 4.79 Å². The maximum Gasteiger partial charge on any atom is 0.326 e. The summed E-state index contributed by atoms with van der Waals surface area (Å²) in [6.07, 6.45) is -0.0642. The molecule has 0 bridgehead atoms. The van der Waals surface area contributed by atoms with Gasteiger partial charge in [-0.05, 0) is 26.8 Å². The number of carboxylic acids is 1. The molecule has 3 N–H and O–H groups in total. The number of esters is 1. The van der Waals surface area contributed by atoms with E-state index in [4.69, 9.17) is 5.11 Å². The topological polar surface area (TPSA) is 105 Å². The quantitative estimate of drug-likeness (QED) is 0.534. The predicted octanol–water partition coefficient (Wildman–Crippen LogP) is -0.103. The van der Waals surface area contributed by atoms with Crippen LogP contribution in [0.3, 0.4) is 0 Å². The molecule has 0 aromatic heterocycles. The third-order valence-corrected chi connectivity index (χ3v) is 2.65. The molecule has 19 heavy (non-hydrogen) atoms. The zero-order valence-electron chi connectivity index (χ0n) is 11.8. The molecule has 7 heteroatoms. The van der Waals surface area contributed by atoms with Crippen LogP contribution in [-0.2, 0) is 19.1 Å². The van der Waals surface area contributed by atoms with E-state index in [1.165, 1.54) is 7.11 Å². The van der Waals surface area contributed by atoms with Crippen LogP contribution in [0.5, 0.6) is 0 Å².